The number of nitrogens with zero attached hydrogens (tertiary/aromatic N) is 2. The quantitative estimate of drug-likeness (QED) is 0.471. The zero-order chi connectivity index (χ0) is 25.1. The van der Waals surface area contributed by atoms with Gasteiger partial charge in [0.25, 0.3) is 0 Å². The maximum atomic E-state index is 14.4. The second kappa shape index (κ2) is 8.40. The molecule has 7 nitrogen and oxygen atoms in total. The second-order valence-corrected chi connectivity index (χ2v) is 13.8. The lowest BCUT2D eigenvalue weighted by Gasteiger charge is -2.44. The van der Waals surface area contributed by atoms with Crippen LogP contribution >= 0.6 is 11.8 Å². The molecule has 4 aliphatic heterocycles. The fraction of sp³-hybridized carbons (Fsp3) is 0.731. The van der Waals surface area contributed by atoms with Crippen LogP contribution in [0, 0.1) is 17.3 Å². The van der Waals surface area contributed by atoms with Gasteiger partial charge in [0.1, 0.15) is 12.6 Å². The van der Waals surface area contributed by atoms with Gasteiger partial charge in [-0.1, -0.05) is 39.0 Å². The molecule has 0 aromatic heterocycles. The van der Waals surface area contributed by atoms with E-state index in [-0.39, 0.29) is 43.0 Å². The van der Waals surface area contributed by atoms with E-state index in [0.717, 1.165) is 6.42 Å². The van der Waals surface area contributed by atoms with Gasteiger partial charge in [-0.3, -0.25) is 14.4 Å². The number of aliphatic hydroxyl groups is 1. The minimum absolute atomic E-state index is 0.0133. The molecule has 0 saturated carbocycles. The standard InChI is InChI=1S/C26H38N2O5S/c1-23(2,3)16-24(4,5)28-13-7-11-26-17(18-22(32)33-15-8-10-25(18,6)34-26)20(30)27(12-9-14-29)19(26)21(28)31/h7-8,10-11,17-19,29H,9,12-16H2,1-6H3/t17-,18+,19?,25-,26-/m0/s1. The molecule has 5 atom stereocenters. The lowest BCUT2D eigenvalue weighted by molar-refractivity contribution is -0.152. The van der Waals surface area contributed by atoms with E-state index in [1.54, 1.807) is 16.7 Å². The molecule has 1 N–H and O–H groups in total. The first-order valence-electron chi connectivity index (χ1n) is 12.2. The van der Waals surface area contributed by atoms with Crippen LogP contribution in [-0.2, 0) is 19.1 Å². The third-order valence-electron chi connectivity index (χ3n) is 7.56. The first-order chi connectivity index (χ1) is 15.8. The van der Waals surface area contributed by atoms with Crippen molar-refractivity contribution in [1.29, 1.82) is 0 Å². The first-order valence-corrected chi connectivity index (χ1v) is 13.0. The highest BCUT2D eigenvalue weighted by molar-refractivity contribution is 8.02. The van der Waals surface area contributed by atoms with Gasteiger partial charge in [0.15, 0.2) is 0 Å². The van der Waals surface area contributed by atoms with E-state index in [2.05, 4.69) is 34.6 Å². The summed E-state index contributed by atoms with van der Waals surface area (Å²) in [5.74, 6) is -2.02. The number of esters is 1. The van der Waals surface area contributed by atoms with Crippen LogP contribution in [-0.4, -0.2) is 80.1 Å². The summed E-state index contributed by atoms with van der Waals surface area (Å²) in [7, 11) is 0. The van der Waals surface area contributed by atoms with Crippen molar-refractivity contribution in [2.24, 2.45) is 17.3 Å². The molecule has 4 aliphatic rings. The topological polar surface area (TPSA) is 87.2 Å². The number of thioether (sulfide) groups is 1. The van der Waals surface area contributed by atoms with Crippen LogP contribution in [0.4, 0.5) is 0 Å². The van der Waals surface area contributed by atoms with Gasteiger partial charge in [-0.25, -0.2) is 0 Å². The lowest BCUT2D eigenvalue weighted by atomic mass is 9.74. The number of aliphatic hydroxyl groups excluding tert-OH is 1. The summed E-state index contributed by atoms with van der Waals surface area (Å²) in [5, 5.41) is 9.51. The van der Waals surface area contributed by atoms with Gasteiger partial charge in [-0.05, 0) is 45.1 Å². The van der Waals surface area contributed by atoms with Crippen LogP contribution in [0.25, 0.3) is 0 Å². The van der Waals surface area contributed by atoms with Crippen LogP contribution in [0.3, 0.4) is 0 Å². The molecule has 4 rings (SSSR count). The molecule has 1 unspecified atom stereocenters. The maximum absolute atomic E-state index is 14.4. The Labute approximate surface area is 206 Å². The normalized spacial score (nSPS) is 35.6. The number of rotatable bonds is 5. The van der Waals surface area contributed by atoms with Crippen LogP contribution in [0.5, 0.6) is 0 Å². The molecule has 0 bridgehead atoms. The minimum atomic E-state index is -0.865. The number of likely N-dealkylation sites (tertiary alicyclic amines) is 1. The number of amides is 2. The van der Waals surface area contributed by atoms with E-state index < -0.39 is 32.9 Å². The van der Waals surface area contributed by atoms with Gasteiger partial charge >= 0.3 is 5.97 Å². The van der Waals surface area contributed by atoms with E-state index in [1.807, 2.05) is 36.1 Å². The summed E-state index contributed by atoms with van der Waals surface area (Å²) < 4.78 is 3.94. The zero-order valence-corrected chi connectivity index (χ0v) is 22.0. The first kappa shape index (κ1) is 25.3. The largest absolute Gasteiger partial charge is 0.461 e. The van der Waals surface area contributed by atoms with Crippen molar-refractivity contribution in [2.45, 2.75) is 75.5 Å². The fourth-order valence-corrected chi connectivity index (χ4v) is 8.93. The van der Waals surface area contributed by atoms with Crippen molar-refractivity contribution in [1.82, 2.24) is 9.80 Å². The van der Waals surface area contributed by atoms with Crippen molar-refractivity contribution in [3.05, 3.63) is 24.3 Å². The molecule has 4 heterocycles. The predicted molar refractivity (Wildman–Crippen MR) is 132 cm³/mol. The number of cyclic esters (lactones) is 1. The van der Waals surface area contributed by atoms with E-state index in [9.17, 15) is 19.5 Å². The van der Waals surface area contributed by atoms with Crippen LogP contribution < -0.4 is 0 Å². The van der Waals surface area contributed by atoms with E-state index >= 15 is 0 Å². The number of carbonyl (C=O) groups is 3. The smallest absolute Gasteiger partial charge is 0.311 e. The summed E-state index contributed by atoms with van der Waals surface area (Å²) >= 11 is 1.55. The van der Waals surface area contributed by atoms with Gasteiger partial charge in [0.2, 0.25) is 11.8 Å². The fourth-order valence-electron chi connectivity index (χ4n) is 6.77. The Morgan fingerprint density at radius 3 is 2.44 bits per heavy atom. The Hall–Kier alpha value is -1.80. The van der Waals surface area contributed by atoms with Gasteiger partial charge in [0, 0.05) is 30.0 Å². The maximum Gasteiger partial charge on any atom is 0.311 e. The summed E-state index contributed by atoms with van der Waals surface area (Å²) in [6.07, 6.45) is 9.03. The van der Waals surface area contributed by atoms with E-state index in [1.165, 1.54) is 0 Å². The minimum Gasteiger partial charge on any atom is -0.461 e. The average molecular weight is 491 g/mol. The highest BCUT2D eigenvalue weighted by Crippen LogP contribution is 2.65. The van der Waals surface area contributed by atoms with Crippen molar-refractivity contribution < 1.29 is 24.2 Å². The molecular weight excluding hydrogens is 452 g/mol. The summed E-state index contributed by atoms with van der Waals surface area (Å²) in [6, 6.07) is -0.732. The SMILES string of the molecule is CC(C)(C)CC(C)(C)N1CC=C[C@]23S[C@@]4(C)C=CCOC(=O)[C@H]4[C@H]2C(=O)N(CCCO)C3C1=O. The van der Waals surface area contributed by atoms with Crippen molar-refractivity contribution in [2.75, 3.05) is 26.3 Å². The molecule has 1 spiro atoms. The molecule has 188 valence electrons. The third-order valence-corrected chi connectivity index (χ3v) is 9.36. The van der Waals surface area contributed by atoms with Crippen LogP contribution in [0.15, 0.2) is 24.3 Å². The highest BCUT2D eigenvalue weighted by atomic mass is 32.2. The molecule has 2 saturated heterocycles. The molecule has 0 aromatic carbocycles. The monoisotopic (exact) mass is 490 g/mol. The van der Waals surface area contributed by atoms with Gasteiger partial charge in [-0.15, -0.1) is 11.8 Å². The number of hydrogen-bond donors (Lipinski definition) is 1. The Kier molecular flexibility index (Phi) is 6.25. The number of fused-ring (bicyclic) bond motifs is 2. The molecule has 0 aromatic rings. The Bertz CT molecular complexity index is 938. The molecule has 0 radical (unpaired) electrons. The van der Waals surface area contributed by atoms with E-state index in [4.69, 9.17) is 4.74 Å². The zero-order valence-electron chi connectivity index (χ0n) is 21.2. The predicted octanol–water partition coefficient (Wildman–Crippen LogP) is 2.78. The molecule has 8 heteroatoms. The van der Waals surface area contributed by atoms with Crippen LogP contribution in [0.1, 0.15) is 54.4 Å². The van der Waals surface area contributed by atoms with Crippen molar-refractivity contribution in [3.63, 3.8) is 0 Å². The Morgan fingerprint density at radius 2 is 1.79 bits per heavy atom. The van der Waals surface area contributed by atoms with Crippen molar-refractivity contribution >= 4 is 29.5 Å². The Morgan fingerprint density at radius 1 is 1.09 bits per heavy atom. The Balaban J connectivity index is 1.83. The molecule has 2 fully saturated rings. The van der Waals surface area contributed by atoms with Crippen LogP contribution in [0.2, 0.25) is 0 Å². The highest BCUT2D eigenvalue weighted by Gasteiger charge is 2.74. The molecule has 0 aliphatic carbocycles. The van der Waals surface area contributed by atoms with Crippen molar-refractivity contribution in [3.8, 4) is 0 Å². The molecule has 2 amide bonds. The third kappa shape index (κ3) is 3.91. The number of hydrogen-bond acceptors (Lipinski definition) is 6. The summed E-state index contributed by atoms with van der Waals surface area (Å²) in [6.45, 7) is 13.5. The average Bonchev–Trinajstić information content (AvgIpc) is 2.95. The van der Waals surface area contributed by atoms with Gasteiger partial charge in [0.05, 0.1) is 16.6 Å². The summed E-state index contributed by atoms with van der Waals surface area (Å²) in [5.41, 5.74) is -0.412. The lowest BCUT2D eigenvalue weighted by Crippen LogP contribution is -2.58. The summed E-state index contributed by atoms with van der Waals surface area (Å²) in [4.78, 5) is 45.0. The van der Waals surface area contributed by atoms with Gasteiger partial charge < -0.3 is 19.6 Å². The second-order valence-electron chi connectivity index (χ2n) is 12.0. The number of carbonyl (C=O) groups excluding carboxylic acids is 3. The molecule has 34 heavy (non-hydrogen) atoms. The van der Waals surface area contributed by atoms with Gasteiger partial charge in [-0.2, -0.15) is 0 Å². The molecular formula is C26H38N2O5S. The van der Waals surface area contributed by atoms with E-state index in [0.29, 0.717) is 13.0 Å². The number of ether oxygens (including phenoxy) is 1.